The largest absolute Gasteiger partial charge is 0.387 e. The van der Waals surface area contributed by atoms with Gasteiger partial charge in [0.15, 0.2) is 0 Å². The predicted octanol–water partition coefficient (Wildman–Crippen LogP) is 1.66. The van der Waals surface area contributed by atoms with E-state index in [2.05, 4.69) is 5.10 Å². The van der Waals surface area contributed by atoms with E-state index in [4.69, 9.17) is 4.74 Å². The van der Waals surface area contributed by atoms with Gasteiger partial charge >= 0.3 is 0 Å². The molecule has 86 valence electrons. The van der Waals surface area contributed by atoms with Crippen LogP contribution in [0.1, 0.15) is 38.5 Å². The zero-order chi connectivity index (χ0) is 11.5. The molecule has 1 aromatic rings. The third-order valence-electron chi connectivity index (χ3n) is 2.77. The number of methoxy groups -OCH3 is 1. The summed E-state index contributed by atoms with van der Waals surface area (Å²) in [6, 6.07) is 1.84. The Kier molecular flexibility index (Phi) is 3.88. The molecule has 0 saturated heterocycles. The lowest BCUT2D eigenvalue weighted by molar-refractivity contribution is 0.00207. The summed E-state index contributed by atoms with van der Waals surface area (Å²) in [6.45, 7) is 4.03. The molecule has 0 aliphatic heterocycles. The second kappa shape index (κ2) is 4.77. The van der Waals surface area contributed by atoms with Gasteiger partial charge in [0, 0.05) is 20.4 Å². The van der Waals surface area contributed by atoms with Gasteiger partial charge in [-0.3, -0.25) is 4.68 Å². The lowest BCUT2D eigenvalue weighted by atomic mass is 9.99. The van der Waals surface area contributed by atoms with Crippen LogP contribution in [0.4, 0.5) is 0 Å². The minimum atomic E-state index is -0.466. The highest BCUT2D eigenvalue weighted by molar-refractivity contribution is 5.03. The SMILES string of the molecule is COC(C)(C)CCC(O)c1ccnn1C. The standard InChI is InChI=1S/C11H20N2O2/c1-11(2,15-4)7-5-10(14)9-6-8-12-13(9)3/h6,8,10,14H,5,7H2,1-4H3. The molecule has 0 radical (unpaired) electrons. The van der Waals surface area contributed by atoms with Crippen LogP contribution in [0.15, 0.2) is 12.3 Å². The zero-order valence-electron chi connectivity index (χ0n) is 9.90. The van der Waals surface area contributed by atoms with Crippen LogP contribution in [0, 0.1) is 0 Å². The van der Waals surface area contributed by atoms with Crippen molar-refractivity contribution in [1.29, 1.82) is 0 Å². The van der Waals surface area contributed by atoms with Gasteiger partial charge in [-0.2, -0.15) is 5.10 Å². The minimum Gasteiger partial charge on any atom is -0.387 e. The Morgan fingerprint density at radius 1 is 1.60 bits per heavy atom. The number of aliphatic hydroxyl groups excluding tert-OH is 1. The molecule has 15 heavy (non-hydrogen) atoms. The number of rotatable bonds is 5. The summed E-state index contributed by atoms with van der Waals surface area (Å²) in [5, 5.41) is 14.0. The maximum absolute atomic E-state index is 9.93. The van der Waals surface area contributed by atoms with Crippen LogP contribution < -0.4 is 0 Å². The van der Waals surface area contributed by atoms with Crippen molar-refractivity contribution in [2.24, 2.45) is 7.05 Å². The summed E-state index contributed by atoms with van der Waals surface area (Å²) >= 11 is 0. The summed E-state index contributed by atoms with van der Waals surface area (Å²) in [5.74, 6) is 0. The third kappa shape index (κ3) is 3.32. The van der Waals surface area contributed by atoms with Gasteiger partial charge in [0.05, 0.1) is 17.4 Å². The van der Waals surface area contributed by atoms with Crippen molar-refractivity contribution >= 4 is 0 Å². The summed E-state index contributed by atoms with van der Waals surface area (Å²) < 4.78 is 7.00. The van der Waals surface area contributed by atoms with E-state index in [1.54, 1.807) is 18.0 Å². The molecule has 4 nitrogen and oxygen atoms in total. The average Bonchev–Trinajstić information content (AvgIpc) is 2.61. The molecule has 1 heterocycles. The molecule has 0 saturated carbocycles. The molecule has 0 fully saturated rings. The van der Waals surface area contributed by atoms with Crippen molar-refractivity contribution in [2.75, 3.05) is 7.11 Å². The van der Waals surface area contributed by atoms with Crippen LogP contribution in [0.3, 0.4) is 0 Å². The predicted molar refractivity (Wildman–Crippen MR) is 58.5 cm³/mol. The van der Waals surface area contributed by atoms with Gasteiger partial charge in [-0.15, -0.1) is 0 Å². The Bertz CT molecular complexity index is 307. The maximum atomic E-state index is 9.93. The van der Waals surface area contributed by atoms with Crippen molar-refractivity contribution in [1.82, 2.24) is 9.78 Å². The van der Waals surface area contributed by atoms with Gasteiger partial charge in [0.1, 0.15) is 0 Å². The first-order valence-corrected chi connectivity index (χ1v) is 5.17. The fraction of sp³-hybridized carbons (Fsp3) is 0.727. The summed E-state index contributed by atoms with van der Waals surface area (Å²) in [6.07, 6.45) is 2.72. The summed E-state index contributed by atoms with van der Waals surface area (Å²) in [5.41, 5.74) is 0.668. The summed E-state index contributed by atoms with van der Waals surface area (Å²) in [7, 11) is 3.52. The van der Waals surface area contributed by atoms with Crippen molar-refractivity contribution in [3.63, 3.8) is 0 Å². The number of ether oxygens (including phenoxy) is 1. The normalized spacial score (nSPS) is 14.2. The number of nitrogens with zero attached hydrogens (tertiary/aromatic N) is 2. The zero-order valence-corrected chi connectivity index (χ0v) is 9.90. The van der Waals surface area contributed by atoms with E-state index >= 15 is 0 Å². The Hall–Kier alpha value is -0.870. The molecule has 0 bridgehead atoms. The molecular formula is C11H20N2O2. The Labute approximate surface area is 90.9 Å². The molecular weight excluding hydrogens is 192 g/mol. The van der Waals surface area contributed by atoms with Crippen LogP contribution >= 0.6 is 0 Å². The van der Waals surface area contributed by atoms with Gasteiger partial charge < -0.3 is 9.84 Å². The molecule has 0 amide bonds. The minimum absolute atomic E-state index is 0.181. The van der Waals surface area contributed by atoms with Crippen molar-refractivity contribution < 1.29 is 9.84 Å². The molecule has 1 atom stereocenters. The first-order chi connectivity index (χ1) is 6.96. The van der Waals surface area contributed by atoms with Crippen molar-refractivity contribution in [3.05, 3.63) is 18.0 Å². The Balaban J connectivity index is 2.50. The first kappa shape index (κ1) is 12.2. The molecule has 0 aliphatic carbocycles. The summed E-state index contributed by atoms with van der Waals surface area (Å²) in [4.78, 5) is 0. The van der Waals surface area contributed by atoms with E-state index < -0.39 is 6.10 Å². The molecule has 1 rings (SSSR count). The highest BCUT2D eigenvalue weighted by Gasteiger charge is 2.20. The maximum Gasteiger partial charge on any atom is 0.0957 e. The van der Waals surface area contributed by atoms with E-state index in [9.17, 15) is 5.11 Å². The molecule has 4 heteroatoms. The monoisotopic (exact) mass is 212 g/mol. The lowest BCUT2D eigenvalue weighted by Crippen LogP contribution is -2.23. The van der Waals surface area contributed by atoms with E-state index in [1.807, 2.05) is 27.0 Å². The number of hydrogen-bond acceptors (Lipinski definition) is 3. The lowest BCUT2D eigenvalue weighted by Gasteiger charge is -2.24. The molecule has 0 spiro atoms. The van der Waals surface area contributed by atoms with Crippen LogP contribution in [0.2, 0.25) is 0 Å². The quantitative estimate of drug-likeness (QED) is 0.807. The molecule has 0 aromatic carbocycles. The average molecular weight is 212 g/mol. The molecule has 1 unspecified atom stereocenters. The molecule has 1 aromatic heterocycles. The van der Waals surface area contributed by atoms with E-state index in [0.717, 1.165) is 12.1 Å². The number of aryl methyl sites for hydroxylation is 1. The third-order valence-corrected chi connectivity index (χ3v) is 2.77. The number of aliphatic hydroxyl groups is 1. The van der Waals surface area contributed by atoms with Crippen LogP contribution in [0.25, 0.3) is 0 Å². The van der Waals surface area contributed by atoms with Crippen molar-refractivity contribution in [2.45, 2.75) is 38.4 Å². The van der Waals surface area contributed by atoms with Gasteiger partial charge in [0.25, 0.3) is 0 Å². The van der Waals surface area contributed by atoms with E-state index in [-0.39, 0.29) is 5.60 Å². The van der Waals surface area contributed by atoms with E-state index in [0.29, 0.717) is 6.42 Å². The highest BCUT2D eigenvalue weighted by atomic mass is 16.5. The second-order valence-corrected chi connectivity index (χ2v) is 4.40. The van der Waals surface area contributed by atoms with Crippen LogP contribution in [-0.4, -0.2) is 27.6 Å². The van der Waals surface area contributed by atoms with Gasteiger partial charge in [-0.1, -0.05) is 0 Å². The van der Waals surface area contributed by atoms with Gasteiger partial charge in [-0.25, -0.2) is 0 Å². The fourth-order valence-electron chi connectivity index (χ4n) is 1.45. The van der Waals surface area contributed by atoms with Crippen LogP contribution in [0.5, 0.6) is 0 Å². The van der Waals surface area contributed by atoms with E-state index in [1.165, 1.54) is 0 Å². The van der Waals surface area contributed by atoms with Crippen LogP contribution in [-0.2, 0) is 11.8 Å². The Morgan fingerprint density at radius 3 is 2.73 bits per heavy atom. The topological polar surface area (TPSA) is 47.3 Å². The molecule has 0 aliphatic rings. The number of hydrogen-bond donors (Lipinski definition) is 1. The fourth-order valence-corrected chi connectivity index (χ4v) is 1.45. The highest BCUT2D eigenvalue weighted by Crippen LogP contribution is 2.23. The molecule has 1 N–H and O–H groups in total. The Morgan fingerprint density at radius 2 is 2.27 bits per heavy atom. The first-order valence-electron chi connectivity index (χ1n) is 5.17. The smallest absolute Gasteiger partial charge is 0.0957 e. The number of aromatic nitrogens is 2. The van der Waals surface area contributed by atoms with Gasteiger partial charge in [-0.05, 0) is 32.8 Å². The van der Waals surface area contributed by atoms with Gasteiger partial charge in [0.2, 0.25) is 0 Å². The second-order valence-electron chi connectivity index (χ2n) is 4.40. The van der Waals surface area contributed by atoms with Crippen molar-refractivity contribution in [3.8, 4) is 0 Å².